The third-order valence-electron chi connectivity index (χ3n) is 10.8. The Hall–Kier alpha value is -5.46. The summed E-state index contributed by atoms with van der Waals surface area (Å²) in [5.41, 5.74) is -2.63. The molecule has 3 aliphatic heterocycles. The van der Waals surface area contributed by atoms with Gasteiger partial charge in [-0.1, -0.05) is 6.08 Å². The Labute approximate surface area is 329 Å². The highest BCUT2D eigenvalue weighted by Gasteiger charge is 2.62. The van der Waals surface area contributed by atoms with Gasteiger partial charge in [0.05, 0.1) is 31.9 Å². The van der Waals surface area contributed by atoms with E-state index >= 15 is 0 Å². The second-order valence-corrected chi connectivity index (χ2v) is 18.1. The van der Waals surface area contributed by atoms with Gasteiger partial charge in [0.15, 0.2) is 0 Å². The number of methoxy groups -OCH3 is 1. The number of carbonyl (C=O) groups excluding carboxylic acids is 6. The first-order valence-electron chi connectivity index (χ1n) is 18.8. The third kappa shape index (κ3) is 8.20. The number of rotatable bonds is 13. The van der Waals surface area contributed by atoms with Crippen molar-refractivity contribution >= 4 is 56.5 Å². The largest absolute Gasteiger partial charge is 0.497 e. The van der Waals surface area contributed by atoms with Crippen LogP contribution in [0.3, 0.4) is 0 Å². The monoisotopic (exact) mass is 810 g/mol. The normalized spacial score (nSPS) is 26.9. The van der Waals surface area contributed by atoms with Gasteiger partial charge in [0.2, 0.25) is 33.6 Å². The molecule has 5 fully saturated rings. The number of aromatic nitrogens is 1. The first-order valence-corrected chi connectivity index (χ1v) is 20.4. The summed E-state index contributed by atoms with van der Waals surface area (Å²) in [5.74, 6) is -3.50. The lowest BCUT2D eigenvalue weighted by Crippen LogP contribution is -2.59. The topological polar surface area (TPSA) is 229 Å². The first kappa shape index (κ1) is 39.8. The van der Waals surface area contributed by atoms with Gasteiger partial charge >= 0.3 is 12.1 Å². The number of amides is 5. The number of benzene rings is 1. The Balaban J connectivity index is 1.18. The fourth-order valence-corrected chi connectivity index (χ4v) is 9.03. The molecule has 2 aliphatic carbocycles. The zero-order valence-electron chi connectivity index (χ0n) is 32.0. The van der Waals surface area contributed by atoms with E-state index < -0.39 is 105 Å². The quantitative estimate of drug-likeness (QED) is 0.190. The van der Waals surface area contributed by atoms with Crippen LogP contribution in [0.4, 0.5) is 4.79 Å². The maximum Gasteiger partial charge on any atom is 0.408 e. The molecule has 57 heavy (non-hydrogen) atoms. The molecule has 3 N–H and O–H groups in total. The van der Waals surface area contributed by atoms with Gasteiger partial charge in [0.1, 0.15) is 47.2 Å². The fraction of sp³-hybridized carbons (Fsp3) is 0.553. The Morgan fingerprint density at radius 2 is 1.86 bits per heavy atom. The van der Waals surface area contributed by atoms with Gasteiger partial charge in [-0.2, -0.15) is 0 Å². The lowest BCUT2D eigenvalue weighted by molar-refractivity contribution is -0.157. The standard InChI is InChI=1S/C38H46N6O12S/c1-6-21-17-38(21,35(49)42-57(51,52)25-8-9-25)41-31(46)28-14-23(54-32-26-10-7-22(53-5)13-20(26)11-12-39-32)19-44(28)33(47)27(40-36(50)56-37(2,3)4)16-30(45)43-18-24-15-29(43)34(48)55-24/h6-7,10-13,21,23-25,27-29H,1,8-9,14-19H2,2-5H3,(H,40,50)(H,41,46)(H,42,49)/t21?,23?,24-,27+,28?,29-,38-/m1/s1. The predicted molar refractivity (Wildman–Crippen MR) is 200 cm³/mol. The highest BCUT2D eigenvalue weighted by atomic mass is 32.2. The van der Waals surface area contributed by atoms with E-state index in [0.717, 1.165) is 10.3 Å². The van der Waals surface area contributed by atoms with Crippen LogP contribution in [0.5, 0.6) is 11.6 Å². The van der Waals surface area contributed by atoms with Crippen molar-refractivity contribution in [3.05, 3.63) is 43.1 Å². The van der Waals surface area contributed by atoms with Crippen LogP contribution >= 0.6 is 0 Å². The highest BCUT2D eigenvalue weighted by molar-refractivity contribution is 7.91. The van der Waals surface area contributed by atoms with Crippen LogP contribution in [0.25, 0.3) is 10.8 Å². The summed E-state index contributed by atoms with van der Waals surface area (Å²) < 4.78 is 49.9. The molecule has 7 atom stereocenters. The number of fused-ring (bicyclic) bond motifs is 3. The second kappa shape index (κ2) is 14.8. The molecule has 0 radical (unpaired) electrons. The number of sulfonamides is 1. The molecule has 1 aromatic heterocycles. The van der Waals surface area contributed by atoms with E-state index in [1.54, 1.807) is 45.0 Å². The van der Waals surface area contributed by atoms with Crippen molar-refractivity contribution in [1.82, 2.24) is 30.1 Å². The average Bonchev–Trinajstić information content (AvgIpc) is 4.00. The SMILES string of the molecule is C=CC1C[C@]1(NC(=O)C1CC(Oc2nccc3cc(OC)ccc23)CN1C(=O)[C@H](CC(=O)N1C[C@H]2C[C@@H]1C(=O)O2)NC(=O)OC(C)(C)C)C(=O)NS(=O)(=O)C1CC1. The zero-order chi connectivity index (χ0) is 41.0. The molecular weight excluding hydrogens is 765 g/mol. The molecule has 306 valence electrons. The zero-order valence-corrected chi connectivity index (χ0v) is 32.8. The molecule has 5 amide bonds. The molecule has 2 saturated carbocycles. The summed E-state index contributed by atoms with van der Waals surface area (Å²) in [6.45, 7) is 8.52. The number of ether oxygens (including phenoxy) is 4. The van der Waals surface area contributed by atoms with Crippen molar-refractivity contribution in [3.63, 3.8) is 0 Å². The number of esters is 1. The number of pyridine rings is 1. The molecule has 0 spiro atoms. The van der Waals surface area contributed by atoms with E-state index in [-0.39, 0.29) is 31.8 Å². The van der Waals surface area contributed by atoms with Gasteiger partial charge < -0.3 is 39.4 Å². The number of alkyl carbamates (subject to hydrolysis) is 1. The lowest BCUT2D eigenvalue weighted by atomic mass is 10.1. The summed E-state index contributed by atoms with van der Waals surface area (Å²) in [4.78, 5) is 88.6. The number of nitrogens with zero attached hydrogens (tertiary/aromatic N) is 3. The summed E-state index contributed by atoms with van der Waals surface area (Å²) >= 11 is 0. The van der Waals surface area contributed by atoms with Crippen LogP contribution in [-0.4, -0.2) is 126 Å². The van der Waals surface area contributed by atoms with Crippen LogP contribution in [-0.2, 0) is 43.5 Å². The maximum atomic E-state index is 14.7. The van der Waals surface area contributed by atoms with E-state index in [1.165, 1.54) is 24.3 Å². The lowest BCUT2D eigenvalue weighted by Gasteiger charge is -2.31. The van der Waals surface area contributed by atoms with E-state index in [4.69, 9.17) is 18.9 Å². The van der Waals surface area contributed by atoms with Crippen LogP contribution < -0.4 is 24.8 Å². The molecule has 2 aromatic rings. The minimum atomic E-state index is -3.97. The molecule has 2 bridgehead atoms. The predicted octanol–water partition coefficient (Wildman–Crippen LogP) is 1.07. The van der Waals surface area contributed by atoms with E-state index in [9.17, 15) is 37.2 Å². The molecule has 3 saturated heterocycles. The van der Waals surface area contributed by atoms with Crippen molar-refractivity contribution in [2.24, 2.45) is 5.92 Å². The van der Waals surface area contributed by atoms with Crippen LogP contribution in [0.2, 0.25) is 0 Å². The van der Waals surface area contributed by atoms with Crippen molar-refractivity contribution in [2.45, 2.75) is 106 Å². The van der Waals surface area contributed by atoms with E-state index in [1.807, 2.05) is 0 Å². The van der Waals surface area contributed by atoms with Crippen molar-refractivity contribution in [2.75, 3.05) is 20.2 Å². The van der Waals surface area contributed by atoms with Gasteiger partial charge in [-0.25, -0.2) is 23.0 Å². The van der Waals surface area contributed by atoms with Gasteiger partial charge in [0.25, 0.3) is 5.91 Å². The third-order valence-corrected chi connectivity index (χ3v) is 12.6. The number of hydrogen-bond acceptors (Lipinski definition) is 13. The fourth-order valence-electron chi connectivity index (χ4n) is 7.67. The van der Waals surface area contributed by atoms with Crippen molar-refractivity contribution < 1.29 is 56.1 Å². The average molecular weight is 811 g/mol. The molecule has 7 rings (SSSR count). The highest BCUT2D eigenvalue weighted by Crippen LogP contribution is 2.45. The summed E-state index contributed by atoms with van der Waals surface area (Å²) in [5, 5.41) is 5.89. The molecule has 4 heterocycles. The smallest absolute Gasteiger partial charge is 0.408 e. The molecule has 3 unspecified atom stereocenters. The molecule has 1 aromatic carbocycles. The van der Waals surface area contributed by atoms with Crippen LogP contribution in [0, 0.1) is 5.92 Å². The number of nitrogens with one attached hydrogen (secondary N) is 3. The van der Waals surface area contributed by atoms with Gasteiger partial charge in [-0.15, -0.1) is 6.58 Å². The Bertz CT molecular complexity index is 2140. The Kier molecular flexibility index (Phi) is 10.3. The molecular formula is C38H46N6O12S. The molecule has 5 aliphatic rings. The summed E-state index contributed by atoms with van der Waals surface area (Å²) in [7, 11) is -2.43. The maximum absolute atomic E-state index is 14.7. The van der Waals surface area contributed by atoms with Gasteiger partial charge in [-0.05, 0) is 69.7 Å². The van der Waals surface area contributed by atoms with Gasteiger partial charge in [-0.3, -0.25) is 23.9 Å². The Morgan fingerprint density at radius 3 is 2.49 bits per heavy atom. The van der Waals surface area contributed by atoms with Crippen molar-refractivity contribution in [1.29, 1.82) is 0 Å². The van der Waals surface area contributed by atoms with Crippen LogP contribution in [0.15, 0.2) is 43.1 Å². The van der Waals surface area contributed by atoms with Crippen molar-refractivity contribution in [3.8, 4) is 11.6 Å². The van der Waals surface area contributed by atoms with E-state index in [0.29, 0.717) is 30.4 Å². The first-order chi connectivity index (χ1) is 26.9. The summed E-state index contributed by atoms with van der Waals surface area (Å²) in [6, 6.07) is 3.32. The van der Waals surface area contributed by atoms with Crippen LogP contribution in [0.1, 0.15) is 59.3 Å². The Morgan fingerprint density at radius 1 is 1.11 bits per heavy atom. The van der Waals surface area contributed by atoms with Gasteiger partial charge in [0, 0.05) is 30.3 Å². The molecule has 19 heteroatoms. The number of morpholine rings is 1. The number of carbonyl (C=O) groups is 6. The number of hydrogen-bond donors (Lipinski definition) is 3. The minimum absolute atomic E-state index is 0.0655. The summed E-state index contributed by atoms with van der Waals surface area (Å²) in [6.07, 6.45) is 1.16. The second-order valence-electron chi connectivity index (χ2n) is 16.1. The number of likely N-dealkylation sites (tertiary alicyclic amines) is 2. The van der Waals surface area contributed by atoms with E-state index in [2.05, 4.69) is 26.9 Å². The minimum Gasteiger partial charge on any atom is -0.497 e. The molecule has 18 nitrogen and oxygen atoms in total.